The lowest BCUT2D eigenvalue weighted by atomic mass is 10.1. The van der Waals surface area contributed by atoms with Gasteiger partial charge >= 0.3 is 5.97 Å². The number of unbranched alkanes of at least 4 members (excludes halogenated alkanes) is 1. The number of rotatable bonds is 5. The highest BCUT2D eigenvalue weighted by atomic mass is 16.5. The number of hydrogen-bond acceptors (Lipinski definition) is 4. The van der Waals surface area contributed by atoms with Crippen LogP contribution in [0.5, 0.6) is 0 Å². The zero-order chi connectivity index (χ0) is 11.3. The Balaban J connectivity index is 2.34. The molecule has 5 heteroatoms. The molecule has 0 radical (unpaired) electrons. The van der Waals surface area contributed by atoms with Crippen molar-refractivity contribution < 1.29 is 19.1 Å². The molecular weight excluding hydrogens is 198 g/mol. The van der Waals surface area contributed by atoms with Gasteiger partial charge in [0.15, 0.2) is 0 Å². The second-order valence-electron chi connectivity index (χ2n) is 3.51. The summed E-state index contributed by atoms with van der Waals surface area (Å²) < 4.78 is 4.66. The summed E-state index contributed by atoms with van der Waals surface area (Å²) in [6.07, 6.45) is 2.25. The van der Waals surface area contributed by atoms with E-state index >= 15 is 0 Å². The lowest BCUT2D eigenvalue weighted by Crippen LogP contribution is -2.41. The summed E-state index contributed by atoms with van der Waals surface area (Å²) >= 11 is 0. The van der Waals surface area contributed by atoms with Crippen LogP contribution in [0.3, 0.4) is 0 Å². The first kappa shape index (κ1) is 11.7. The van der Waals surface area contributed by atoms with Gasteiger partial charge in [-0.15, -0.1) is 0 Å². The predicted octanol–water partition coefficient (Wildman–Crippen LogP) is 0.177. The van der Waals surface area contributed by atoms with E-state index in [9.17, 15) is 14.4 Å². The van der Waals surface area contributed by atoms with Crippen molar-refractivity contribution in [3.63, 3.8) is 0 Å². The van der Waals surface area contributed by atoms with Crippen molar-refractivity contribution in [2.24, 2.45) is 0 Å². The van der Waals surface area contributed by atoms with Crippen molar-refractivity contribution in [3.8, 4) is 0 Å². The second kappa shape index (κ2) is 5.48. The van der Waals surface area contributed by atoms with Crippen molar-refractivity contribution in [3.05, 3.63) is 0 Å². The maximum atomic E-state index is 11.3. The van der Waals surface area contributed by atoms with Crippen LogP contribution in [0.1, 0.15) is 32.6 Å². The van der Waals surface area contributed by atoms with Crippen LogP contribution < -0.4 is 5.32 Å². The SMILES string of the molecule is CCCCC(=O)C(=O)N[C@H]1CCOC1=O. The smallest absolute Gasteiger partial charge is 0.328 e. The summed E-state index contributed by atoms with van der Waals surface area (Å²) in [5.41, 5.74) is 0. The van der Waals surface area contributed by atoms with Gasteiger partial charge in [0.05, 0.1) is 6.61 Å². The van der Waals surface area contributed by atoms with Gasteiger partial charge < -0.3 is 10.1 Å². The highest BCUT2D eigenvalue weighted by Gasteiger charge is 2.29. The highest BCUT2D eigenvalue weighted by molar-refractivity contribution is 6.36. The number of carbonyl (C=O) groups is 3. The molecule has 0 unspecified atom stereocenters. The minimum absolute atomic E-state index is 0.240. The fourth-order valence-electron chi connectivity index (χ4n) is 1.32. The normalized spacial score (nSPS) is 19.8. The van der Waals surface area contributed by atoms with E-state index in [0.29, 0.717) is 19.4 Å². The van der Waals surface area contributed by atoms with E-state index < -0.39 is 23.7 Å². The van der Waals surface area contributed by atoms with E-state index in [4.69, 9.17) is 0 Å². The molecule has 1 saturated heterocycles. The van der Waals surface area contributed by atoms with Crippen LogP contribution in [-0.2, 0) is 19.1 Å². The van der Waals surface area contributed by atoms with Gasteiger partial charge in [0, 0.05) is 12.8 Å². The highest BCUT2D eigenvalue weighted by Crippen LogP contribution is 2.06. The molecule has 0 bridgehead atoms. The molecule has 1 aliphatic heterocycles. The van der Waals surface area contributed by atoms with Gasteiger partial charge in [-0.25, -0.2) is 4.79 Å². The van der Waals surface area contributed by atoms with Gasteiger partial charge in [-0.05, 0) is 6.42 Å². The Morgan fingerprint density at radius 2 is 2.27 bits per heavy atom. The molecule has 0 aliphatic carbocycles. The first-order valence-electron chi connectivity index (χ1n) is 5.15. The van der Waals surface area contributed by atoms with Crippen molar-refractivity contribution in [2.45, 2.75) is 38.6 Å². The molecule has 1 rings (SSSR count). The van der Waals surface area contributed by atoms with Crippen LogP contribution in [0.25, 0.3) is 0 Å². The maximum Gasteiger partial charge on any atom is 0.328 e. The third-order valence-electron chi connectivity index (χ3n) is 2.25. The number of ketones is 1. The fourth-order valence-corrected chi connectivity index (χ4v) is 1.32. The molecule has 0 aromatic rings. The van der Waals surface area contributed by atoms with E-state index in [2.05, 4.69) is 10.1 Å². The minimum atomic E-state index is -0.674. The average Bonchev–Trinajstić information content (AvgIpc) is 2.61. The van der Waals surface area contributed by atoms with Crippen LogP contribution in [0.15, 0.2) is 0 Å². The number of Topliss-reactive ketones (excluding diaryl/α,β-unsaturated/α-hetero) is 1. The predicted molar refractivity (Wildman–Crippen MR) is 52.0 cm³/mol. The van der Waals surface area contributed by atoms with Gasteiger partial charge in [0.1, 0.15) is 6.04 Å². The number of esters is 1. The van der Waals surface area contributed by atoms with E-state index in [1.54, 1.807) is 0 Å². The first-order valence-corrected chi connectivity index (χ1v) is 5.15. The van der Waals surface area contributed by atoms with Crippen molar-refractivity contribution in [1.29, 1.82) is 0 Å². The Morgan fingerprint density at radius 3 is 2.80 bits per heavy atom. The molecular formula is C10H15NO4. The van der Waals surface area contributed by atoms with E-state index in [0.717, 1.165) is 6.42 Å². The van der Waals surface area contributed by atoms with E-state index in [1.165, 1.54) is 0 Å². The summed E-state index contributed by atoms with van der Waals surface area (Å²) in [5, 5.41) is 2.37. The van der Waals surface area contributed by atoms with Crippen LogP contribution in [0, 0.1) is 0 Å². The Hall–Kier alpha value is -1.39. The Labute approximate surface area is 88.2 Å². The molecule has 84 valence electrons. The third kappa shape index (κ3) is 3.34. The lowest BCUT2D eigenvalue weighted by Gasteiger charge is -2.07. The third-order valence-corrected chi connectivity index (χ3v) is 2.25. The Morgan fingerprint density at radius 1 is 1.53 bits per heavy atom. The quantitative estimate of drug-likeness (QED) is 0.522. The van der Waals surface area contributed by atoms with Crippen molar-refractivity contribution in [1.82, 2.24) is 5.32 Å². The number of ether oxygens (including phenoxy) is 1. The molecule has 1 amide bonds. The number of amides is 1. The molecule has 15 heavy (non-hydrogen) atoms. The van der Waals surface area contributed by atoms with Gasteiger partial charge in [-0.1, -0.05) is 13.3 Å². The van der Waals surface area contributed by atoms with E-state index in [1.807, 2.05) is 6.92 Å². The van der Waals surface area contributed by atoms with Crippen molar-refractivity contribution in [2.75, 3.05) is 6.61 Å². The molecule has 0 spiro atoms. The molecule has 1 heterocycles. The Bertz CT molecular complexity index is 275. The average molecular weight is 213 g/mol. The van der Waals surface area contributed by atoms with Gasteiger partial charge in [-0.3, -0.25) is 9.59 Å². The second-order valence-corrected chi connectivity index (χ2v) is 3.51. The summed E-state index contributed by atoms with van der Waals surface area (Å²) in [5.74, 6) is -1.59. The topological polar surface area (TPSA) is 72.5 Å². The molecule has 5 nitrogen and oxygen atoms in total. The van der Waals surface area contributed by atoms with Gasteiger partial charge in [0.25, 0.3) is 5.91 Å². The zero-order valence-corrected chi connectivity index (χ0v) is 8.75. The summed E-state index contributed by atoms with van der Waals surface area (Å²) in [4.78, 5) is 33.5. The monoisotopic (exact) mass is 213 g/mol. The number of nitrogens with one attached hydrogen (secondary N) is 1. The minimum Gasteiger partial charge on any atom is -0.464 e. The number of carbonyl (C=O) groups excluding carboxylic acids is 3. The molecule has 1 atom stereocenters. The largest absolute Gasteiger partial charge is 0.464 e. The summed E-state index contributed by atoms with van der Waals surface area (Å²) in [6, 6.07) is -0.636. The first-order chi connectivity index (χ1) is 7.15. The Kier molecular flexibility index (Phi) is 4.27. The van der Waals surface area contributed by atoms with E-state index in [-0.39, 0.29) is 6.42 Å². The van der Waals surface area contributed by atoms with Gasteiger partial charge in [0.2, 0.25) is 5.78 Å². The van der Waals surface area contributed by atoms with Crippen molar-refractivity contribution >= 4 is 17.7 Å². The zero-order valence-electron chi connectivity index (χ0n) is 8.75. The van der Waals surface area contributed by atoms with Crippen LogP contribution in [0.4, 0.5) is 0 Å². The molecule has 0 aromatic heterocycles. The molecule has 1 fully saturated rings. The number of cyclic esters (lactones) is 1. The van der Waals surface area contributed by atoms with Crippen LogP contribution >= 0.6 is 0 Å². The lowest BCUT2D eigenvalue weighted by molar-refractivity contribution is -0.143. The van der Waals surface area contributed by atoms with Gasteiger partial charge in [-0.2, -0.15) is 0 Å². The molecule has 0 saturated carbocycles. The molecule has 1 N–H and O–H groups in total. The summed E-state index contributed by atoms with van der Waals surface area (Å²) in [7, 11) is 0. The standard InChI is InChI=1S/C10H15NO4/c1-2-3-4-8(12)9(13)11-7-5-6-15-10(7)14/h7H,2-6H2,1H3,(H,11,13)/t7-/m0/s1. The maximum absolute atomic E-state index is 11.3. The van der Waals surface area contributed by atoms with Crippen LogP contribution in [-0.4, -0.2) is 30.3 Å². The fraction of sp³-hybridized carbons (Fsp3) is 0.700. The van der Waals surface area contributed by atoms with Crippen LogP contribution in [0.2, 0.25) is 0 Å². The number of hydrogen-bond donors (Lipinski definition) is 1. The molecule has 1 aliphatic rings. The molecule has 0 aromatic carbocycles. The summed E-state index contributed by atoms with van der Waals surface area (Å²) in [6.45, 7) is 2.26.